The SMILES string of the molecule is CN(Cc1ccc(C(=O)NN)s1)CC1(O)CCOCC1. The van der Waals surface area contributed by atoms with Gasteiger partial charge in [-0.2, -0.15) is 0 Å². The molecule has 0 aromatic carbocycles. The molecule has 112 valence electrons. The van der Waals surface area contributed by atoms with Crippen molar-refractivity contribution >= 4 is 17.2 Å². The molecule has 0 unspecified atom stereocenters. The van der Waals surface area contributed by atoms with Gasteiger partial charge < -0.3 is 9.84 Å². The molecular weight excluding hydrogens is 278 g/mol. The number of hydrazine groups is 1. The van der Waals surface area contributed by atoms with E-state index in [0.717, 1.165) is 4.88 Å². The van der Waals surface area contributed by atoms with Crippen molar-refractivity contribution in [1.29, 1.82) is 0 Å². The van der Waals surface area contributed by atoms with Crippen LogP contribution in [0.1, 0.15) is 27.4 Å². The normalized spacial score (nSPS) is 18.2. The first-order chi connectivity index (χ1) is 9.52. The summed E-state index contributed by atoms with van der Waals surface area (Å²) in [6.45, 7) is 2.53. The van der Waals surface area contributed by atoms with Gasteiger partial charge in [0.15, 0.2) is 0 Å². The maximum atomic E-state index is 11.4. The maximum absolute atomic E-state index is 11.4. The summed E-state index contributed by atoms with van der Waals surface area (Å²) >= 11 is 1.41. The van der Waals surface area contributed by atoms with Gasteiger partial charge in [-0.05, 0) is 19.2 Å². The lowest BCUT2D eigenvalue weighted by Crippen LogP contribution is -2.45. The summed E-state index contributed by atoms with van der Waals surface area (Å²) < 4.78 is 5.27. The number of likely N-dealkylation sites (N-methyl/N-ethyl adjacent to an activating group) is 1. The summed E-state index contributed by atoms with van der Waals surface area (Å²) in [5, 5.41) is 10.5. The smallest absolute Gasteiger partial charge is 0.275 e. The number of amides is 1. The molecule has 2 heterocycles. The highest BCUT2D eigenvalue weighted by molar-refractivity contribution is 7.14. The number of aliphatic hydroxyl groups is 1. The van der Waals surface area contributed by atoms with Crippen molar-refractivity contribution in [2.24, 2.45) is 5.84 Å². The van der Waals surface area contributed by atoms with E-state index >= 15 is 0 Å². The molecule has 0 radical (unpaired) electrons. The van der Waals surface area contributed by atoms with Gasteiger partial charge >= 0.3 is 0 Å². The molecule has 0 spiro atoms. The molecule has 2 rings (SSSR count). The summed E-state index contributed by atoms with van der Waals surface area (Å²) in [7, 11) is 1.97. The van der Waals surface area contributed by atoms with Crippen LogP contribution >= 0.6 is 11.3 Å². The quantitative estimate of drug-likeness (QED) is 0.414. The third-order valence-electron chi connectivity index (χ3n) is 3.43. The van der Waals surface area contributed by atoms with Crippen molar-refractivity contribution in [3.8, 4) is 0 Å². The number of rotatable bonds is 5. The Hall–Kier alpha value is -0.990. The van der Waals surface area contributed by atoms with Gasteiger partial charge in [0, 0.05) is 44.0 Å². The first-order valence-corrected chi connectivity index (χ1v) is 7.42. The largest absolute Gasteiger partial charge is 0.388 e. The Morgan fingerprint density at radius 2 is 2.25 bits per heavy atom. The molecule has 1 fully saturated rings. The van der Waals surface area contributed by atoms with Crippen molar-refractivity contribution in [3.63, 3.8) is 0 Å². The molecule has 0 atom stereocenters. The van der Waals surface area contributed by atoms with E-state index in [2.05, 4.69) is 10.3 Å². The van der Waals surface area contributed by atoms with Crippen LogP contribution in [0.5, 0.6) is 0 Å². The molecule has 1 aliphatic rings. The zero-order valence-electron chi connectivity index (χ0n) is 11.6. The molecule has 1 aliphatic heterocycles. The number of carbonyl (C=O) groups excluding carboxylic acids is 1. The van der Waals surface area contributed by atoms with Crippen LogP contribution in [0, 0.1) is 0 Å². The molecule has 1 aromatic rings. The van der Waals surface area contributed by atoms with Crippen LogP contribution in [0.4, 0.5) is 0 Å². The Morgan fingerprint density at radius 3 is 2.90 bits per heavy atom. The molecule has 20 heavy (non-hydrogen) atoms. The Balaban J connectivity index is 1.89. The van der Waals surface area contributed by atoms with Crippen molar-refractivity contribution < 1.29 is 14.6 Å². The summed E-state index contributed by atoms with van der Waals surface area (Å²) in [5.41, 5.74) is 1.46. The maximum Gasteiger partial charge on any atom is 0.275 e. The van der Waals surface area contributed by atoms with E-state index in [9.17, 15) is 9.90 Å². The van der Waals surface area contributed by atoms with Gasteiger partial charge in [-0.3, -0.25) is 15.1 Å². The van der Waals surface area contributed by atoms with Gasteiger partial charge in [0.1, 0.15) is 0 Å². The molecule has 6 nitrogen and oxygen atoms in total. The highest BCUT2D eigenvalue weighted by atomic mass is 32.1. The summed E-state index contributed by atoms with van der Waals surface area (Å²) in [5.74, 6) is 4.84. The van der Waals surface area contributed by atoms with Crippen LogP contribution < -0.4 is 11.3 Å². The number of nitrogens with two attached hydrogens (primary N) is 1. The van der Waals surface area contributed by atoms with E-state index in [1.165, 1.54) is 11.3 Å². The average molecular weight is 299 g/mol. The lowest BCUT2D eigenvalue weighted by atomic mass is 9.94. The number of nitrogen functional groups attached to an aromatic ring is 1. The van der Waals surface area contributed by atoms with Crippen molar-refractivity contribution in [2.75, 3.05) is 26.8 Å². The number of hydrogen-bond acceptors (Lipinski definition) is 6. The van der Waals surface area contributed by atoms with Gasteiger partial charge in [-0.15, -0.1) is 11.3 Å². The van der Waals surface area contributed by atoms with Crippen molar-refractivity contribution in [1.82, 2.24) is 10.3 Å². The zero-order chi connectivity index (χ0) is 14.6. The molecule has 1 aromatic heterocycles. The number of thiophene rings is 1. The van der Waals surface area contributed by atoms with Crippen LogP contribution in [0.15, 0.2) is 12.1 Å². The second-order valence-electron chi connectivity index (χ2n) is 5.25. The fourth-order valence-corrected chi connectivity index (χ4v) is 3.38. The third kappa shape index (κ3) is 4.00. The number of carbonyl (C=O) groups is 1. The topological polar surface area (TPSA) is 87.8 Å². The Bertz CT molecular complexity index is 457. The van der Waals surface area contributed by atoms with Gasteiger partial charge in [-0.25, -0.2) is 5.84 Å². The van der Waals surface area contributed by atoms with Crippen molar-refractivity contribution in [3.05, 3.63) is 21.9 Å². The van der Waals surface area contributed by atoms with E-state index in [1.54, 1.807) is 6.07 Å². The zero-order valence-corrected chi connectivity index (χ0v) is 12.4. The minimum Gasteiger partial charge on any atom is -0.388 e. The van der Waals surface area contributed by atoms with Crippen LogP contribution in [0.3, 0.4) is 0 Å². The fourth-order valence-electron chi connectivity index (χ4n) is 2.39. The predicted molar refractivity (Wildman–Crippen MR) is 77.3 cm³/mol. The third-order valence-corrected chi connectivity index (χ3v) is 4.50. The summed E-state index contributed by atoms with van der Waals surface area (Å²) in [4.78, 5) is 15.1. The molecule has 1 amide bonds. The van der Waals surface area contributed by atoms with E-state index in [0.29, 0.717) is 44.0 Å². The van der Waals surface area contributed by atoms with Gasteiger partial charge in [-0.1, -0.05) is 0 Å². The van der Waals surface area contributed by atoms with E-state index < -0.39 is 5.60 Å². The molecule has 4 N–H and O–H groups in total. The summed E-state index contributed by atoms with van der Waals surface area (Å²) in [6, 6.07) is 3.68. The first kappa shape index (κ1) is 15.4. The second-order valence-corrected chi connectivity index (χ2v) is 6.42. The number of nitrogens with one attached hydrogen (secondary N) is 1. The molecular formula is C13H21N3O3S. The second kappa shape index (κ2) is 6.64. The van der Waals surface area contributed by atoms with E-state index in [-0.39, 0.29) is 5.91 Å². The standard InChI is InChI=1S/C13H21N3O3S/c1-16(9-13(18)4-6-19-7-5-13)8-10-2-3-11(20-10)12(17)15-14/h2-3,18H,4-9,14H2,1H3,(H,15,17). The van der Waals surface area contributed by atoms with Crippen molar-refractivity contribution in [2.45, 2.75) is 25.0 Å². The van der Waals surface area contributed by atoms with Gasteiger partial charge in [0.25, 0.3) is 5.91 Å². The predicted octanol–water partition coefficient (Wildman–Crippen LogP) is 0.325. The van der Waals surface area contributed by atoms with Crippen LogP contribution in [-0.4, -0.2) is 48.3 Å². The highest BCUT2D eigenvalue weighted by Crippen LogP contribution is 2.23. The fraction of sp³-hybridized carbons (Fsp3) is 0.615. The number of hydrogen-bond donors (Lipinski definition) is 3. The molecule has 1 saturated heterocycles. The first-order valence-electron chi connectivity index (χ1n) is 6.61. The number of ether oxygens (including phenoxy) is 1. The monoisotopic (exact) mass is 299 g/mol. The summed E-state index contributed by atoms with van der Waals surface area (Å²) in [6.07, 6.45) is 1.34. The van der Waals surface area contributed by atoms with E-state index in [4.69, 9.17) is 10.6 Å². The minimum absolute atomic E-state index is 0.271. The molecule has 0 saturated carbocycles. The Labute approximate surface area is 122 Å². The van der Waals surface area contributed by atoms with Gasteiger partial charge in [0.05, 0.1) is 10.5 Å². The lowest BCUT2D eigenvalue weighted by molar-refractivity contribution is -0.0776. The van der Waals surface area contributed by atoms with Crippen LogP contribution in [0.2, 0.25) is 0 Å². The van der Waals surface area contributed by atoms with Gasteiger partial charge in [0.2, 0.25) is 0 Å². The molecule has 0 bridgehead atoms. The van der Waals surface area contributed by atoms with Crippen LogP contribution in [0.25, 0.3) is 0 Å². The molecule has 7 heteroatoms. The van der Waals surface area contributed by atoms with E-state index in [1.807, 2.05) is 13.1 Å². The number of nitrogens with zero attached hydrogens (tertiary/aromatic N) is 1. The molecule has 0 aliphatic carbocycles. The Morgan fingerprint density at radius 1 is 1.55 bits per heavy atom. The highest BCUT2D eigenvalue weighted by Gasteiger charge is 2.31. The lowest BCUT2D eigenvalue weighted by Gasteiger charge is -2.35. The minimum atomic E-state index is -0.665. The Kier molecular flexibility index (Phi) is 5.11. The average Bonchev–Trinajstić information content (AvgIpc) is 2.86. The van der Waals surface area contributed by atoms with Crippen LogP contribution in [-0.2, 0) is 11.3 Å².